The molecule has 0 fully saturated rings. The average Bonchev–Trinajstić information content (AvgIpc) is 2.88. The monoisotopic (exact) mass is 371 g/mol. The molecule has 0 atom stereocenters. The maximum absolute atomic E-state index is 12.3. The lowest BCUT2D eigenvalue weighted by atomic mass is 10.3. The van der Waals surface area contributed by atoms with Gasteiger partial charge < -0.3 is 5.32 Å². The molecule has 0 aliphatic heterocycles. The normalized spacial score (nSPS) is 10.6. The Labute approximate surface area is 141 Å². The maximum Gasteiger partial charge on any atom is 0.277 e. The largest absolute Gasteiger partial charge is 0.305 e. The van der Waals surface area contributed by atoms with Gasteiger partial charge in [0.25, 0.3) is 5.91 Å². The Bertz CT molecular complexity index is 857. The second kappa shape index (κ2) is 6.29. The number of nitrogens with one attached hydrogen (secondary N) is 1. The fraction of sp³-hybridized carbons (Fsp3) is 0.125. The molecule has 1 N–H and O–H groups in total. The topological polar surface area (TPSA) is 72.7 Å². The van der Waals surface area contributed by atoms with Crippen LogP contribution >= 0.6 is 15.9 Å². The van der Waals surface area contributed by atoms with Crippen molar-refractivity contribution in [1.29, 1.82) is 0 Å². The summed E-state index contributed by atoms with van der Waals surface area (Å²) in [6.07, 6.45) is 3.02. The molecule has 0 saturated carbocycles. The van der Waals surface area contributed by atoms with Crippen molar-refractivity contribution in [3.8, 4) is 5.69 Å². The third kappa shape index (κ3) is 3.45. The number of aromatic nitrogens is 4. The molecule has 2 aromatic heterocycles. The highest BCUT2D eigenvalue weighted by atomic mass is 79.9. The van der Waals surface area contributed by atoms with Crippen molar-refractivity contribution in [3.63, 3.8) is 0 Å². The second-order valence-corrected chi connectivity index (χ2v) is 5.98. The van der Waals surface area contributed by atoms with Crippen molar-refractivity contribution in [2.75, 3.05) is 5.32 Å². The predicted molar refractivity (Wildman–Crippen MR) is 90.7 cm³/mol. The van der Waals surface area contributed by atoms with Gasteiger partial charge in [0, 0.05) is 16.7 Å². The molecule has 0 unspecified atom stereocenters. The zero-order valence-electron chi connectivity index (χ0n) is 12.6. The third-order valence-corrected chi connectivity index (χ3v) is 3.63. The highest BCUT2D eigenvalue weighted by Crippen LogP contribution is 2.20. The van der Waals surface area contributed by atoms with E-state index in [4.69, 9.17) is 0 Å². The Kier molecular flexibility index (Phi) is 4.20. The van der Waals surface area contributed by atoms with Crippen molar-refractivity contribution in [2.45, 2.75) is 13.8 Å². The molecule has 0 saturated heterocycles. The van der Waals surface area contributed by atoms with Crippen LogP contribution in [0.5, 0.6) is 0 Å². The summed E-state index contributed by atoms with van der Waals surface area (Å²) >= 11 is 3.44. The number of aryl methyl sites for hydroxylation is 2. The van der Waals surface area contributed by atoms with Crippen LogP contribution in [0.2, 0.25) is 0 Å². The van der Waals surface area contributed by atoms with Crippen LogP contribution in [0.3, 0.4) is 0 Å². The average molecular weight is 372 g/mol. The van der Waals surface area contributed by atoms with E-state index in [-0.39, 0.29) is 11.6 Å². The van der Waals surface area contributed by atoms with E-state index < -0.39 is 0 Å². The van der Waals surface area contributed by atoms with Gasteiger partial charge in [-0.3, -0.25) is 9.78 Å². The minimum absolute atomic E-state index is 0.259. The number of hydrogen-bond donors (Lipinski definition) is 1. The molecular formula is C16H14BrN5O. The molecule has 3 rings (SSSR count). The van der Waals surface area contributed by atoms with E-state index in [2.05, 4.69) is 36.3 Å². The maximum atomic E-state index is 12.3. The fourth-order valence-electron chi connectivity index (χ4n) is 2.08. The molecular weight excluding hydrogens is 358 g/mol. The molecule has 0 radical (unpaired) electrons. The number of carbonyl (C=O) groups is 1. The summed E-state index contributed by atoms with van der Waals surface area (Å²) in [5.74, 6) is 0.252. The molecule has 0 aliphatic rings. The summed E-state index contributed by atoms with van der Waals surface area (Å²) in [4.78, 5) is 20.5. The molecule has 2 heterocycles. The van der Waals surface area contributed by atoms with Gasteiger partial charge in [0.2, 0.25) is 0 Å². The predicted octanol–water partition coefficient (Wildman–Crippen LogP) is 3.29. The van der Waals surface area contributed by atoms with E-state index in [9.17, 15) is 4.79 Å². The molecule has 0 spiro atoms. The number of rotatable bonds is 3. The lowest BCUT2D eigenvalue weighted by molar-refractivity contribution is 0.102. The first kappa shape index (κ1) is 15.4. The number of benzene rings is 1. The van der Waals surface area contributed by atoms with E-state index in [1.807, 2.05) is 38.1 Å². The van der Waals surface area contributed by atoms with Crippen LogP contribution in [0.25, 0.3) is 5.69 Å². The molecule has 23 heavy (non-hydrogen) atoms. The molecule has 1 aromatic carbocycles. The standard InChI is InChI=1S/C16H14BrN5O/c1-10-6-15(20-16(23)14-9-18-11(2)8-19-14)22(21-10)13-5-3-4-12(17)7-13/h3-9H,1-2H3,(H,20,23). The Morgan fingerprint density at radius 1 is 1.13 bits per heavy atom. The van der Waals surface area contributed by atoms with Crippen molar-refractivity contribution in [1.82, 2.24) is 19.7 Å². The molecule has 6 nitrogen and oxygen atoms in total. The highest BCUT2D eigenvalue weighted by molar-refractivity contribution is 9.10. The SMILES string of the molecule is Cc1cnc(C(=O)Nc2cc(C)nn2-c2cccc(Br)c2)cn1. The summed E-state index contributed by atoms with van der Waals surface area (Å²) in [5.41, 5.74) is 2.67. The second-order valence-electron chi connectivity index (χ2n) is 5.06. The van der Waals surface area contributed by atoms with E-state index in [1.165, 1.54) is 6.20 Å². The number of carbonyl (C=O) groups excluding carboxylic acids is 1. The van der Waals surface area contributed by atoms with Gasteiger partial charge >= 0.3 is 0 Å². The van der Waals surface area contributed by atoms with Gasteiger partial charge in [0.05, 0.1) is 23.3 Å². The van der Waals surface area contributed by atoms with E-state index in [0.29, 0.717) is 5.82 Å². The van der Waals surface area contributed by atoms with E-state index >= 15 is 0 Å². The summed E-state index contributed by atoms with van der Waals surface area (Å²) in [5, 5.41) is 7.26. The van der Waals surface area contributed by atoms with Crippen LogP contribution in [0.1, 0.15) is 21.9 Å². The van der Waals surface area contributed by atoms with Gasteiger partial charge in [-0.2, -0.15) is 5.10 Å². The van der Waals surface area contributed by atoms with Crippen LogP contribution in [0, 0.1) is 13.8 Å². The summed E-state index contributed by atoms with van der Waals surface area (Å²) in [7, 11) is 0. The molecule has 3 aromatic rings. The van der Waals surface area contributed by atoms with E-state index in [0.717, 1.165) is 21.5 Å². The zero-order valence-corrected chi connectivity index (χ0v) is 14.2. The first-order valence-electron chi connectivity index (χ1n) is 6.95. The van der Waals surface area contributed by atoms with Crippen LogP contribution in [0.15, 0.2) is 47.2 Å². The lowest BCUT2D eigenvalue weighted by Crippen LogP contribution is -2.16. The lowest BCUT2D eigenvalue weighted by Gasteiger charge is -2.09. The fourth-order valence-corrected chi connectivity index (χ4v) is 2.47. The van der Waals surface area contributed by atoms with Crippen molar-refractivity contribution < 1.29 is 4.79 Å². The molecule has 0 aliphatic carbocycles. The third-order valence-electron chi connectivity index (χ3n) is 3.14. The first-order chi connectivity index (χ1) is 11.0. The molecule has 1 amide bonds. The Balaban J connectivity index is 1.91. The summed E-state index contributed by atoms with van der Waals surface area (Å²) in [6.45, 7) is 3.69. The van der Waals surface area contributed by atoms with Gasteiger partial charge in [-0.1, -0.05) is 22.0 Å². The first-order valence-corrected chi connectivity index (χ1v) is 7.75. The van der Waals surface area contributed by atoms with Crippen LogP contribution in [-0.2, 0) is 0 Å². The Hall–Kier alpha value is -2.54. The number of anilines is 1. The minimum atomic E-state index is -0.325. The Morgan fingerprint density at radius 3 is 2.65 bits per heavy atom. The number of nitrogens with zero attached hydrogens (tertiary/aromatic N) is 4. The van der Waals surface area contributed by atoms with Crippen molar-refractivity contribution in [2.24, 2.45) is 0 Å². The van der Waals surface area contributed by atoms with Crippen molar-refractivity contribution in [3.05, 3.63) is 64.3 Å². The minimum Gasteiger partial charge on any atom is -0.305 e. The molecule has 116 valence electrons. The van der Waals surface area contributed by atoms with Crippen LogP contribution < -0.4 is 5.32 Å². The molecule has 0 bridgehead atoms. The van der Waals surface area contributed by atoms with Gasteiger partial charge in [-0.05, 0) is 32.0 Å². The van der Waals surface area contributed by atoms with Crippen LogP contribution in [0.4, 0.5) is 5.82 Å². The van der Waals surface area contributed by atoms with Gasteiger partial charge in [-0.25, -0.2) is 9.67 Å². The van der Waals surface area contributed by atoms with E-state index in [1.54, 1.807) is 16.9 Å². The van der Waals surface area contributed by atoms with Crippen LogP contribution in [-0.4, -0.2) is 25.7 Å². The van der Waals surface area contributed by atoms with Crippen molar-refractivity contribution >= 4 is 27.7 Å². The number of amides is 1. The summed E-state index contributed by atoms with van der Waals surface area (Å²) in [6, 6.07) is 9.49. The Morgan fingerprint density at radius 2 is 1.96 bits per heavy atom. The molecule has 7 heteroatoms. The summed E-state index contributed by atoms with van der Waals surface area (Å²) < 4.78 is 2.62. The number of hydrogen-bond acceptors (Lipinski definition) is 4. The number of halogens is 1. The quantitative estimate of drug-likeness (QED) is 0.766. The van der Waals surface area contributed by atoms with Gasteiger partial charge in [-0.15, -0.1) is 0 Å². The van der Waals surface area contributed by atoms with Gasteiger partial charge in [0.15, 0.2) is 0 Å². The zero-order chi connectivity index (χ0) is 16.4. The van der Waals surface area contributed by atoms with Gasteiger partial charge in [0.1, 0.15) is 11.5 Å². The smallest absolute Gasteiger partial charge is 0.277 e. The highest BCUT2D eigenvalue weighted by Gasteiger charge is 2.13.